The highest BCUT2D eigenvalue weighted by molar-refractivity contribution is 7.92. The number of sulfone groups is 1. The minimum absolute atomic E-state index is 0.179. The summed E-state index contributed by atoms with van der Waals surface area (Å²) in [5.41, 5.74) is 0.807. The van der Waals surface area contributed by atoms with Gasteiger partial charge in [-0.05, 0) is 68.1 Å². The summed E-state index contributed by atoms with van der Waals surface area (Å²) < 4.78 is 31.2. The first-order valence-electron chi connectivity index (χ1n) is 11.4. The van der Waals surface area contributed by atoms with Gasteiger partial charge in [-0.15, -0.1) is 0 Å². The fourth-order valence-corrected chi connectivity index (χ4v) is 5.89. The summed E-state index contributed by atoms with van der Waals surface area (Å²) in [6.45, 7) is 6.09. The average Bonchev–Trinajstić information content (AvgIpc) is 3.34. The van der Waals surface area contributed by atoms with E-state index >= 15 is 0 Å². The Balaban J connectivity index is 1.71. The van der Waals surface area contributed by atoms with Crippen molar-refractivity contribution in [2.45, 2.75) is 62.6 Å². The molecule has 1 atom stereocenters. The van der Waals surface area contributed by atoms with Crippen LogP contribution in [0.5, 0.6) is 5.75 Å². The molecular weight excluding hydrogens is 440 g/mol. The van der Waals surface area contributed by atoms with Gasteiger partial charge in [-0.25, -0.2) is 8.42 Å². The zero-order valence-corrected chi connectivity index (χ0v) is 20.2. The topological polar surface area (TPSA) is 102 Å². The van der Waals surface area contributed by atoms with E-state index in [9.17, 15) is 18.0 Å². The number of hydrogen-bond donors (Lipinski definition) is 2. The number of rotatable bonds is 9. The van der Waals surface area contributed by atoms with Gasteiger partial charge in [0.05, 0.1) is 16.8 Å². The van der Waals surface area contributed by atoms with Gasteiger partial charge in [-0.2, -0.15) is 0 Å². The molecule has 1 unspecified atom stereocenters. The molecule has 3 rings (SSSR count). The lowest BCUT2D eigenvalue weighted by Gasteiger charge is -2.22. The summed E-state index contributed by atoms with van der Waals surface area (Å²) in [6, 6.07) is 12.3. The first-order valence-corrected chi connectivity index (χ1v) is 13.0. The Morgan fingerprint density at radius 2 is 1.73 bits per heavy atom. The van der Waals surface area contributed by atoms with Gasteiger partial charge >= 0.3 is 0 Å². The summed E-state index contributed by atoms with van der Waals surface area (Å²) in [5, 5.41) is 5.19. The SMILES string of the molecule is CCOc1ccc(C(=O)NC(C(=O)Nc2cccc(S(=O)(=O)C3CCCC3)c2)C(C)C)cc1. The molecule has 1 fully saturated rings. The van der Waals surface area contributed by atoms with E-state index < -0.39 is 21.8 Å². The van der Waals surface area contributed by atoms with Crippen LogP contribution in [0.25, 0.3) is 0 Å². The molecule has 0 heterocycles. The Hall–Kier alpha value is -2.87. The van der Waals surface area contributed by atoms with Gasteiger partial charge in [0.25, 0.3) is 5.91 Å². The molecule has 1 aliphatic rings. The van der Waals surface area contributed by atoms with Crippen LogP contribution < -0.4 is 15.4 Å². The van der Waals surface area contributed by atoms with E-state index in [4.69, 9.17) is 4.74 Å². The minimum atomic E-state index is -3.43. The van der Waals surface area contributed by atoms with E-state index in [1.165, 1.54) is 6.07 Å². The summed E-state index contributed by atoms with van der Waals surface area (Å²) in [4.78, 5) is 25.9. The number of amides is 2. The minimum Gasteiger partial charge on any atom is -0.494 e. The molecule has 8 heteroatoms. The fourth-order valence-electron chi connectivity index (χ4n) is 3.99. The molecule has 33 heavy (non-hydrogen) atoms. The normalized spacial score (nSPS) is 15.3. The average molecular weight is 473 g/mol. The van der Waals surface area contributed by atoms with E-state index in [0.717, 1.165) is 12.8 Å². The first kappa shape index (κ1) is 24.8. The second-order valence-electron chi connectivity index (χ2n) is 8.62. The number of hydrogen-bond acceptors (Lipinski definition) is 5. The lowest BCUT2D eigenvalue weighted by atomic mass is 10.0. The van der Waals surface area contributed by atoms with Crippen molar-refractivity contribution in [2.75, 3.05) is 11.9 Å². The van der Waals surface area contributed by atoms with Gasteiger partial charge in [-0.3, -0.25) is 9.59 Å². The van der Waals surface area contributed by atoms with Crippen molar-refractivity contribution in [2.24, 2.45) is 5.92 Å². The number of anilines is 1. The molecule has 0 radical (unpaired) electrons. The molecule has 2 aromatic rings. The molecule has 7 nitrogen and oxygen atoms in total. The Morgan fingerprint density at radius 3 is 2.33 bits per heavy atom. The molecule has 2 amide bonds. The van der Waals surface area contributed by atoms with E-state index in [2.05, 4.69) is 10.6 Å². The Kier molecular flexibility index (Phi) is 8.13. The number of carbonyl (C=O) groups excluding carboxylic acids is 2. The fraction of sp³-hybridized carbons (Fsp3) is 0.440. The predicted molar refractivity (Wildman–Crippen MR) is 128 cm³/mol. The summed E-state index contributed by atoms with van der Waals surface area (Å²) in [5.74, 6) is -0.286. The highest BCUT2D eigenvalue weighted by atomic mass is 32.2. The molecule has 0 saturated heterocycles. The van der Waals surface area contributed by atoms with Crippen LogP contribution in [0.3, 0.4) is 0 Å². The number of benzene rings is 2. The van der Waals surface area contributed by atoms with Gasteiger partial charge in [0.15, 0.2) is 9.84 Å². The molecule has 0 aromatic heterocycles. The van der Waals surface area contributed by atoms with Crippen LogP contribution in [0.15, 0.2) is 53.4 Å². The maximum absolute atomic E-state index is 13.0. The second-order valence-corrected chi connectivity index (χ2v) is 10.8. The van der Waals surface area contributed by atoms with Crippen molar-refractivity contribution in [1.82, 2.24) is 5.32 Å². The number of ether oxygens (including phenoxy) is 1. The lowest BCUT2D eigenvalue weighted by Crippen LogP contribution is -2.47. The van der Waals surface area contributed by atoms with Gasteiger partial charge in [0.2, 0.25) is 5.91 Å². The number of nitrogens with one attached hydrogen (secondary N) is 2. The van der Waals surface area contributed by atoms with Crippen molar-refractivity contribution in [3.8, 4) is 5.75 Å². The van der Waals surface area contributed by atoms with Gasteiger partial charge < -0.3 is 15.4 Å². The van der Waals surface area contributed by atoms with Crippen molar-refractivity contribution < 1.29 is 22.7 Å². The van der Waals surface area contributed by atoms with E-state index in [-0.39, 0.29) is 22.0 Å². The van der Waals surface area contributed by atoms with Gasteiger partial charge in [0, 0.05) is 11.3 Å². The smallest absolute Gasteiger partial charge is 0.251 e. The van der Waals surface area contributed by atoms with E-state index in [1.54, 1.807) is 42.5 Å². The van der Waals surface area contributed by atoms with Crippen LogP contribution in [0.2, 0.25) is 0 Å². The summed E-state index contributed by atoms with van der Waals surface area (Å²) in [6.07, 6.45) is 3.19. The highest BCUT2D eigenvalue weighted by Gasteiger charge is 2.31. The third-order valence-corrected chi connectivity index (χ3v) is 8.09. The zero-order valence-electron chi connectivity index (χ0n) is 19.3. The van der Waals surface area contributed by atoms with Crippen LogP contribution >= 0.6 is 0 Å². The van der Waals surface area contributed by atoms with Crippen LogP contribution in [0.1, 0.15) is 56.8 Å². The molecule has 1 saturated carbocycles. The molecule has 0 bridgehead atoms. The molecule has 1 aliphatic carbocycles. The van der Waals surface area contributed by atoms with Crippen molar-refractivity contribution in [1.29, 1.82) is 0 Å². The van der Waals surface area contributed by atoms with Crippen molar-refractivity contribution in [3.63, 3.8) is 0 Å². The zero-order chi connectivity index (χ0) is 24.0. The largest absolute Gasteiger partial charge is 0.494 e. The quantitative estimate of drug-likeness (QED) is 0.570. The van der Waals surface area contributed by atoms with Gasteiger partial charge in [0.1, 0.15) is 11.8 Å². The van der Waals surface area contributed by atoms with Crippen LogP contribution in [-0.4, -0.2) is 38.1 Å². The number of carbonyl (C=O) groups is 2. The molecular formula is C25H32N2O5S. The lowest BCUT2D eigenvalue weighted by molar-refractivity contribution is -0.118. The molecule has 0 aliphatic heterocycles. The summed E-state index contributed by atoms with van der Waals surface area (Å²) >= 11 is 0. The van der Waals surface area contributed by atoms with Gasteiger partial charge in [-0.1, -0.05) is 32.8 Å². The molecule has 2 N–H and O–H groups in total. The molecule has 178 valence electrons. The summed E-state index contributed by atoms with van der Waals surface area (Å²) in [7, 11) is -3.43. The standard InChI is InChI=1S/C25H32N2O5S/c1-4-32-20-14-12-18(13-15-20)24(28)27-23(17(2)3)25(29)26-19-8-7-11-22(16-19)33(30,31)21-9-5-6-10-21/h7-8,11-17,21,23H,4-6,9-10H2,1-3H3,(H,26,29)(H,27,28). The Morgan fingerprint density at radius 1 is 1.06 bits per heavy atom. The van der Waals surface area contributed by atoms with E-state index in [0.29, 0.717) is 36.4 Å². The van der Waals surface area contributed by atoms with Crippen molar-refractivity contribution in [3.05, 3.63) is 54.1 Å². The monoisotopic (exact) mass is 472 g/mol. The van der Waals surface area contributed by atoms with Crippen LogP contribution in [0, 0.1) is 5.92 Å². The maximum Gasteiger partial charge on any atom is 0.251 e. The van der Waals surface area contributed by atoms with E-state index in [1.807, 2.05) is 20.8 Å². The predicted octanol–water partition coefficient (Wildman–Crippen LogP) is 4.19. The highest BCUT2D eigenvalue weighted by Crippen LogP contribution is 2.30. The third kappa shape index (κ3) is 6.13. The van der Waals surface area contributed by atoms with Crippen molar-refractivity contribution >= 4 is 27.3 Å². The van der Waals surface area contributed by atoms with Crippen LogP contribution in [-0.2, 0) is 14.6 Å². The Labute approximate surface area is 195 Å². The first-order chi connectivity index (χ1) is 15.7. The molecule has 2 aromatic carbocycles. The second kappa shape index (κ2) is 10.8. The van der Waals surface area contributed by atoms with Crippen LogP contribution in [0.4, 0.5) is 5.69 Å². The molecule has 0 spiro atoms. The maximum atomic E-state index is 13.0. The third-order valence-electron chi connectivity index (χ3n) is 5.83. The Bertz CT molecular complexity index is 1070.